The predicted molar refractivity (Wildman–Crippen MR) is 138 cm³/mol. The summed E-state index contributed by atoms with van der Waals surface area (Å²) in [6, 6.07) is 27.6. The number of pyridine rings is 1. The van der Waals surface area contributed by atoms with Gasteiger partial charge in [0.15, 0.2) is 0 Å². The van der Waals surface area contributed by atoms with Crippen LogP contribution in [0.1, 0.15) is 33.2 Å². The van der Waals surface area contributed by atoms with Crippen LogP contribution in [0.2, 0.25) is 0 Å². The number of carbonyl (C=O) groups excluding carboxylic acids is 1. The van der Waals surface area contributed by atoms with Crippen molar-refractivity contribution in [3.63, 3.8) is 0 Å². The number of alkyl halides is 3. The number of aromatic nitrogens is 3. The average Bonchev–Trinajstić information content (AvgIpc) is 3.34. The van der Waals surface area contributed by atoms with E-state index in [9.17, 15) is 18.0 Å². The molecule has 0 spiro atoms. The first-order chi connectivity index (χ1) is 18.3. The van der Waals surface area contributed by atoms with Gasteiger partial charge in [-0.2, -0.15) is 18.3 Å². The lowest BCUT2D eigenvalue weighted by Crippen LogP contribution is -2.29. The van der Waals surface area contributed by atoms with Crippen LogP contribution in [0.3, 0.4) is 0 Å². The Labute approximate surface area is 216 Å². The molecule has 38 heavy (non-hydrogen) atoms. The first-order valence-electron chi connectivity index (χ1n) is 11.7. The van der Waals surface area contributed by atoms with Crippen molar-refractivity contribution in [3.8, 4) is 16.9 Å². The molecule has 2 heterocycles. The van der Waals surface area contributed by atoms with E-state index in [1.54, 1.807) is 36.5 Å². The fourth-order valence-electron chi connectivity index (χ4n) is 4.09. The van der Waals surface area contributed by atoms with E-state index in [2.05, 4.69) is 15.4 Å². The number of anilines is 1. The van der Waals surface area contributed by atoms with E-state index >= 15 is 0 Å². The molecule has 9 heteroatoms. The monoisotopic (exact) mass is 513 g/mol. The number of nitrogens with zero attached hydrogens (tertiary/aromatic N) is 3. The highest BCUT2D eigenvalue weighted by Crippen LogP contribution is 2.32. The summed E-state index contributed by atoms with van der Waals surface area (Å²) in [4.78, 5) is 17.5. The van der Waals surface area contributed by atoms with Crippen molar-refractivity contribution in [2.45, 2.75) is 12.2 Å². The van der Waals surface area contributed by atoms with Crippen molar-refractivity contribution in [1.29, 1.82) is 0 Å². The minimum Gasteiger partial charge on any atom is -0.384 e. The Morgan fingerprint density at radius 1 is 0.868 bits per heavy atom. The van der Waals surface area contributed by atoms with Gasteiger partial charge in [0.1, 0.15) is 5.82 Å². The maximum absolute atomic E-state index is 13.1. The van der Waals surface area contributed by atoms with Gasteiger partial charge in [0.05, 0.1) is 28.7 Å². The number of nitrogen functional groups attached to an aromatic ring is 1. The van der Waals surface area contributed by atoms with Crippen LogP contribution in [0, 0.1) is 0 Å². The highest BCUT2D eigenvalue weighted by atomic mass is 19.4. The van der Waals surface area contributed by atoms with Crippen LogP contribution < -0.4 is 11.1 Å². The van der Waals surface area contributed by atoms with E-state index in [1.807, 2.05) is 48.5 Å². The van der Waals surface area contributed by atoms with Gasteiger partial charge in [-0.1, -0.05) is 48.5 Å². The topological polar surface area (TPSA) is 85.8 Å². The van der Waals surface area contributed by atoms with Gasteiger partial charge in [-0.3, -0.25) is 9.78 Å². The molecular formula is C29H22F3N5O. The second-order valence-corrected chi connectivity index (χ2v) is 8.56. The zero-order valence-electron chi connectivity index (χ0n) is 19.9. The van der Waals surface area contributed by atoms with Crippen molar-refractivity contribution in [1.82, 2.24) is 20.1 Å². The molecule has 5 aromatic rings. The summed E-state index contributed by atoms with van der Waals surface area (Å²) in [7, 11) is 0. The number of hydrogen-bond acceptors (Lipinski definition) is 4. The SMILES string of the molecule is Nc1cc(-c2cccc(C(F)(F)F)c2)nn1-c1ccc(C(=O)NC(c2ccccc2)c2ccccn2)cc1. The molecule has 0 bridgehead atoms. The number of nitrogens with two attached hydrogens (primary N) is 1. The molecule has 2 aromatic heterocycles. The van der Waals surface area contributed by atoms with Crippen LogP contribution in [0.15, 0.2) is 109 Å². The van der Waals surface area contributed by atoms with E-state index in [0.717, 1.165) is 17.7 Å². The molecule has 1 unspecified atom stereocenters. The number of nitrogens with one attached hydrogen (secondary N) is 1. The van der Waals surface area contributed by atoms with Gasteiger partial charge in [0.25, 0.3) is 5.91 Å². The molecule has 190 valence electrons. The molecule has 0 radical (unpaired) electrons. The Bertz CT molecular complexity index is 1510. The molecule has 0 aliphatic heterocycles. The number of hydrogen-bond donors (Lipinski definition) is 2. The molecule has 1 amide bonds. The number of benzene rings is 3. The summed E-state index contributed by atoms with van der Waals surface area (Å²) >= 11 is 0. The van der Waals surface area contributed by atoms with Gasteiger partial charge in [0.2, 0.25) is 0 Å². The quantitative estimate of drug-likeness (QED) is 0.289. The fraction of sp³-hybridized carbons (Fsp3) is 0.0690. The van der Waals surface area contributed by atoms with Crippen LogP contribution in [0.5, 0.6) is 0 Å². The van der Waals surface area contributed by atoms with E-state index in [0.29, 0.717) is 28.2 Å². The Morgan fingerprint density at radius 3 is 2.29 bits per heavy atom. The standard InChI is InChI=1S/C29H22F3N5O/c30-29(31,32)22-10-6-9-21(17-22)25-18-26(33)37(36-25)23-14-12-20(13-15-23)28(38)35-27(19-7-2-1-3-8-19)24-11-4-5-16-34-24/h1-18,27H,33H2,(H,35,38). The molecule has 0 saturated heterocycles. The lowest BCUT2D eigenvalue weighted by molar-refractivity contribution is -0.137. The van der Waals surface area contributed by atoms with Gasteiger partial charge >= 0.3 is 6.18 Å². The third-order valence-corrected chi connectivity index (χ3v) is 5.99. The first-order valence-corrected chi connectivity index (χ1v) is 11.7. The van der Waals surface area contributed by atoms with E-state index in [-0.39, 0.29) is 11.7 Å². The largest absolute Gasteiger partial charge is 0.416 e. The third-order valence-electron chi connectivity index (χ3n) is 5.99. The lowest BCUT2D eigenvalue weighted by atomic mass is 10.0. The molecule has 5 rings (SSSR count). The second kappa shape index (κ2) is 10.2. The predicted octanol–water partition coefficient (Wildman–Crippen LogP) is 6.05. The molecule has 6 nitrogen and oxygen atoms in total. The van der Waals surface area contributed by atoms with Gasteiger partial charge in [-0.05, 0) is 54.1 Å². The van der Waals surface area contributed by atoms with Gasteiger partial charge < -0.3 is 11.1 Å². The van der Waals surface area contributed by atoms with Gasteiger partial charge in [-0.15, -0.1) is 0 Å². The third kappa shape index (κ3) is 5.27. The first kappa shape index (κ1) is 24.8. The van der Waals surface area contributed by atoms with Crippen LogP contribution in [0.25, 0.3) is 16.9 Å². The summed E-state index contributed by atoms with van der Waals surface area (Å²) in [6.07, 6.45) is -2.79. The number of amides is 1. The van der Waals surface area contributed by atoms with Crippen molar-refractivity contribution in [2.75, 3.05) is 5.73 Å². The number of carbonyl (C=O) groups is 1. The molecule has 3 aromatic carbocycles. The summed E-state index contributed by atoms with van der Waals surface area (Å²) in [5, 5.41) is 7.43. The van der Waals surface area contributed by atoms with E-state index in [1.165, 1.54) is 16.8 Å². The summed E-state index contributed by atoms with van der Waals surface area (Å²) in [6.45, 7) is 0. The highest BCUT2D eigenvalue weighted by molar-refractivity contribution is 5.94. The van der Waals surface area contributed by atoms with Gasteiger partial charge in [0, 0.05) is 23.4 Å². The molecule has 0 saturated carbocycles. The van der Waals surface area contributed by atoms with Crippen LogP contribution in [0.4, 0.5) is 19.0 Å². The van der Waals surface area contributed by atoms with Crippen LogP contribution in [-0.2, 0) is 6.18 Å². The number of rotatable bonds is 6. The normalized spacial score (nSPS) is 12.2. The average molecular weight is 514 g/mol. The Balaban J connectivity index is 1.38. The summed E-state index contributed by atoms with van der Waals surface area (Å²) in [5.74, 6) is -0.0527. The number of halogens is 3. The molecular weight excluding hydrogens is 491 g/mol. The molecule has 3 N–H and O–H groups in total. The van der Waals surface area contributed by atoms with Crippen LogP contribution in [-0.4, -0.2) is 20.7 Å². The Kier molecular flexibility index (Phi) is 6.66. The lowest BCUT2D eigenvalue weighted by Gasteiger charge is -2.19. The maximum atomic E-state index is 13.1. The molecule has 1 atom stereocenters. The smallest absolute Gasteiger partial charge is 0.384 e. The Morgan fingerprint density at radius 2 is 1.61 bits per heavy atom. The highest BCUT2D eigenvalue weighted by Gasteiger charge is 2.30. The maximum Gasteiger partial charge on any atom is 0.416 e. The van der Waals surface area contributed by atoms with Crippen LogP contribution >= 0.6 is 0 Å². The van der Waals surface area contributed by atoms with Crippen molar-refractivity contribution < 1.29 is 18.0 Å². The zero-order valence-corrected chi connectivity index (χ0v) is 19.9. The molecule has 0 aliphatic carbocycles. The van der Waals surface area contributed by atoms with E-state index in [4.69, 9.17) is 5.73 Å². The summed E-state index contributed by atoms with van der Waals surface area (Å²) < 4.78 is 40.8. The van der Waals surface area contributed by atoms with Crippen molar-refractivity contribution in [2.24, 2.45) is 0 Å². The van der Waals surface area contributed by atoms with E-state index < -0.39 is 17.8 Å². The fourth-order valence-corrected chi connectivity index (χ4v) is 4.09. The van der Waals surface area contributed by atoms with Gasteiger partial charge in [-0.25, -0.2) is 4.68 Å². The van der Waals surface area contributed by atoms with Crippen molar-refractivity contribution >= 4 is 11.7 Å². The minimum absolute atomic E-state index is 0.244. The minimum atomic E-state index is -4.46. The summed E-state index contributed by atoms with van der Waals surface area (Å²) in [5.41, 5.74) is 8.51. The zero-order chi connectivity index (χ0) is 26.7. The second-order valence-electron chi connectivity index (χ2n) is 8.56. The Hall–Kier alpha value is -4.92. The molecule has 0 aliphatic rings. The van der Waals surface area contributed by atoms with Crippen molar-refractivity contribution in [3.05, 3.63) is 132 Å². The molecule has 0 fully saturated rings.